The zero-order valence-electron chi connectivity index (χ0n) is 5.10. The van der Waals surface area contributed by atoms with Crippen molar-refractivity contribution in [2.45, 2.75) is 13.8 Å². The summed E-state index contributed by atoms with van der Waals surface area (Å²) >= 11 is 0. The zero-order chi connectivity index (χ0) is 5.98. The van der Waals surface area contributed by atoms with E-state index in [1.807, 2.05) is 26.0 Å². The van der Waals surface area contributed by atoms with Crippen LogP contribution in [0.1, 0.15) is 11.3 Å². The van der Waals surface area contributed by atoms with Crippen LogP contribution in [-0.2, 0) is 0 Å². The van der Waals surface area contributed by atoms with E-state index in [1.165, 1.54) is 5.56 Å². The van der Waals surface area contributed by atoms with Crippen LogP contribution < -0.4 is 0 Å². The van der Waals surface area contributed by atoms with E-state index in [0.29, 0.717) is 0 Å². The standard InChI is InChI=1S/C7H8N/c1-6-4-3-5-8-7(6)2/h3-4H,1-2H3. The van der Waals surface area contributed by atoms with Crippen LogP contribution in [0.2, 0.25) is 0 Å². The molecule has 1 aromatic rings. The molecule has 0 saturated carbocycles. The number of aromatic nitrogens is 1. The molecular formula is C7H8N. The minimum Gasteiger partial charge on any atom is -0.251 e. The first-order valence-electron chi connectivity index (χ1n) is 2.61. The average molecular weight is 106 g/mol. The Balaban J connectivity index is 3.13. The molecule has 1 nitrogen and oxygen atoms in total. The number of rotatable bonds is 0. The Morgan fingerprint density at radius 2 is 2.25 bits per heavy atom. The van der Waals surface area contributed by atoms with Crippen LogP contribution in [-0.4, -0.2) is 4.98 Å². The summed E-state index contributed by atoms with van der Waals surface area (Å²) in [4.78, 5) is 3.95. The Morgan fingerprint density at radius 1 is 1.50 bits per heavy atom. The topological polar surface area (TPSA) is 12.9 Å². The van der Waals surface area contributed by atoms with Crippen LogP contribution in [0.3, 0.4) is 0 Å². The number of nitrogens with zero attached hydrogens (tertiary/aromatic N) is 1. The Morgan fingerprint density at radius 3 is 2.62 bits per heavy atom. The van der Waals surface area contributed by atoms with Crippen LogP contribution in [0.4, 0.5) is 0 Å². The predicted octanol–water partition coefficient (Wildman–Crippen LogP) is 1.50. The van der Waals surface area contributed by atoms with Crippen LogP contribution in [0.15, 0.2) is 12.1 Å². The third-order valence-corrected chi connectivity index (χ3v) is 1.21. The number of hydrogen-bond donors (Lipinski definition) is 0. The highest BCUT2D eigenvalue weighted by atomic mass is 14.6. The van der Waals surface area contributed by atoms with Gasteiger partial charge in [-0.05, 0) is 25.5 Å². The third kappa shape index (κ3) is 0.861. The molecule has 8 heavy (non-hydrogen) atoms. The predicted molar refractivity (Wildman–Crippen MR) is 32.5 cm³/mol. The van der Waals surface area contributed by atoms with Crippen molar-refractivity contribution < 1.29 is 0 Å². The van der Waals surface area contributed by atoms with Gasteiger partial charge in [0.05, 0.1) is 6.20 Å². The highest BCUT2D eigenvalue weighted by Crippen LogP contribution is 1.97. The Kier molecular flexibility index (Phi) is 1.29. The van der Waals surface area contributed by atoms with Crippen molar-refractivity contribution in [1.82, 2.24) is 4.98 Å². The largest absolute Gasteiger partial charge is 0.251 e. The van der Waals surface area contributed by atoms with E-state index in [1.54, 1.807) is 0 Å². The SMILES string of the molecule is Cc1cc[c]nc1C. The van der Waals surface area contributed by atoms with Gasteiger partial charge >= 0.3 is 0 Å². The fourth-order valence-corrected chi connectivity index (χ4v) is 0.505. The maximum absolute atomic E-state index is 3.95. The second kappa shape index (κ2) is 1.95. The highest BCUT2D eigenvalue weighted by molar-refractivity contribution is 5.14. The summed E-state index contributed by atoms with van der Waals surface area (Å²) in [5.41, 5.74) is 2.29. The first kappa shape index (κ1) is 5.29. The molecule has 1 heterocycles. The molecule has 0 aromatic carbocycles. The van der Waals surface area contributed by atoms with Crippen LogP contribution >= 0.6 is 0 Å². The monoisotopic (exact) mass is 106 g/mol. The lowest BCUT2D eigenvalue weighted by atomic mass is 10.2. The third-order valence-electron chi connectivity index (χ3n) is 1.21. The van der Waals surface area contributed by atoms with Crippen molar-refractivity contribution in [3.63, 3.8) is 0 Å². The maximum Gasteiger partial charge on any atom is 0.0889 e. The van der Waals surface area contributed by atoms with Crippen molar-refractivity contribution in [2.75, 3.05) is 0 Å². The molecule has 0 atom stereocenters. The van der Waals surface area contributed by atoms with Gasteiger partial charge in [-0.15, -0.1) is 0 Å². The summed E-state index contributed by atoms with van der Waals surface area (Å²) in [5.74, 6) is 0. The molecule has 0 amide bonds. The van der Waals surface area contributed by atoms with Gasteiger partial charge in [-0.3, -0.25) is 4.98 Å². The fourth-order valence-electron chi connectivity index (χ4n) is 0.505. The van der Waals surface area contributed by atoms with Crippen molar-refractivity contribution in [2.24, 2.45) is 0 Å². The summed E-state index contributed by atoms with van der Waals surface area (Å²) < 4.78 is 0. The molecule has 0 bridgehead atoms. The molecule has 0 unspecified atom stereocenters. The van der Waals surface area contributed by atoms with E-state index in [2.05, 4.69) is 11.2 Å². The van der Waals surface area contributed by atoms with Crippen molar-refractivity contribution >= 4 is 0 Å². The zero-order valence-corrected chi connectivity index (χ0v) is 5.10. The second-order valence-corrected chi connectivity index (χ2v) is 1.84. The van der Waals surface area contributed by atoms with E-state index in [9.17, 15) is 0 Å². The van der Waals surface area contributed by atoms with Gasteiger partial charge in [0, 0.05) is 5.69 Å². The van der Waals surface area contributed by atoms with Gasteiger partial charge in [0.25, 0.3) is 0 Å². The quantitative estimate of drug-likeness (QED) is 0.488. The molecule has 0 aliphatic rings. The molecule has 1 rings (SSSR count). The minimum absolute atomic E-state index is 1.06. The van der Waals surface area contributed by atoms with Crippen molar-refractivity contribution in [3.8, 4) is 0 Å². The smallest absolute Gasteiger partial charge is 0.0889 e. The van der Waals surface area contributed by atoms with Crippen LogP contribution in [0.5, 0.6) is 0 Å². The number of pyridine rings is 1. The Labute approximate surface area is 49.4 Å². The number of hydrogen-bond acceptors (Lipinski definition) is 1. The molecule has 0 fully saturated rings. The fraction of sp³-hybridized carbons (Fsp3) is 0.286. The lowest BCUT2D eigenvalue weighted by Gasteiger charge is -1.91. The van der Waals surface area contributed by atoms with Crippen LogP contribution in [0.25, 0.3) is 0 Å². The minimum atomic E-state index is 1.06. The molecule has 1 radical (unpaired) electrons. The van der Waals surface area contributed by atoms with Gasteiger partial charge in [-0.1, -0.05) is 6.07 Å². The summed E-state index contributed by atoms with van der Waals surface area (Å²) in [5, 5.41) is 0. The number of aryl methyl sites for hydroxylation is 2. The van der Waals surface area contributed by atoms with Gasteiger partial charge in [0.1, 0.15) is 0 Å². The first-order chi connectivity index (χ1) is 3.80. The van der Waals surface area contributed by atoms with E-state index in [4.69, 9.17) is 0 Å². The maximum atomic E-state index is 3.95. The summed E-state index contributed by atoms with van der Waals surface area (Å²) in [6.45, 7) is 4.02. The average Bonchev–Trinajstić information content (AvgIpc) is 1.77. The molecule has 0 saturated heterocycles. The second-order valence-electron chi connectivity index (χ2n) is 1.84. The lowest BCUT2D eigenvalue weighted by molar-refractivity contribution is 1.14. The Hall–Kier alpha value is -0.850. The molecule has 0 aliphatic heterocycles. The van der Waals surface area contributed by atoms with E-state index in [0.717, 1.165) is 5.69 Å². The van der Waals surface area contributed by atoms with E-state index < -0.39 is 0 Å². The molecule has 0 aliphatic carbocycles. The van der Waals surface area contributed by atoms with Gasteiger partial charge in [0.15, 0.2) is 0 Å². The van der Waals surface area contributed by atoms with Crippen molar-refractivity contribution in [1.29, 1.82) is 0 Å². The molecule has 1 aromatic heterocycles. The van der Waals surface area contributed by atoms with Crippen LogP contribution in [0, 0.1) is 20.0 Å². The highest BCUT2D eigenvalue weighted by Gasteiger charge is 1.86. The lowest BCUT2D eigenvalue weighted by Crippen LogP contribution is -1.82. The normalized spacial score (nSPS) is 9.25. The van der Waals surface area contributed by atoms with E-state index >= 15 is 0 Å². The van der Waals surface area contributed by atoms with E-state index in [-0.39, 0.29) is 0 Å². The molecule has 0 spiro atoms. The summed E-state index contributed by atoms with van der Waals surface area (Å²) in [7, 11) is 0. The first-order valence-corrected chi connectivity index (χ1v) is 2.61. The van der Waals surface area contributed by atoms with Gasteiger partial charge in [0.2, 0.25) is 0 Å². The van der Waals surface area contributed by atoms with Gasteiger partial charge in [-0.2, -0.15) is 0 Å². The summed E-state index contributed by atoms with van der Waals surface area (Å²) in [6.07, 6.45) is 2.75. The molecule has 41 valence electrons. The summed E-state index contributed by atoms with van der Waals surface area (Å²) in [6, 6.07) is 3.82. The molecular weight excluding hydrogens is 98.1 g/mol. The van der Waals surface area contributed by atoms with Gasteiger partial charge in [-0.25, -0.2) is 0 Å². The molecule has 0 N–H and O–H groups in total. The van der Waals surface area contributed by atoms with Gasteiger partial charge < -0.3 is 0 Å². The van der Waals surface area contributed by atoms with Crippen molar-refractivity contribution in [3.05, 3.63) is 29.6 Å². The Bertz CT molecular complexity index is 160. The molecule has 1 heteroatoms.